The van der Waals surface area contributed by atoms with Gasteiger partial charge in [0.05, 0.1) is 11.7 Å². The lowest BCUT2D eigenvalue weighted by molar-refractivity contribution is -0.110. The van der Waals surface area contributed by atoms with E-state index in [1.807, 2.05) is 55.5 Å². The first-order valence-electron chi connectivity index (χ1n) is 13.7. The van der Waals surface area contributed by atoms with Crippen molar-refractivity contribution in [1.29, 1.82) is 0 Å². The molecule has 0 aliphatic heterocycles. The number of halogens is 1. The molecule has 0 aliphatic carbocycles. The van der Waals surface area contributed by atoms with Crippen LogP contribution in [-0.4, -0.2) is 51.8 Å². The van der Waals surface area contributed by atoms with Gasteiger partial charge in [0.25, 0.3) is 5.56 Å². The van der Waals surface area contributed by atoms with Crippen LogP contribution in [0.15, 0.2) is 82.0 Å². The van der Waals surface area contributed by atoms with Gasteiger partial charge in [-0.15, -0.1) is 11.3 Å². The summed E-state index contributed by atoms with van der Waals surface area (Å²) in [6, 6.07) is 19.2. The zero-order valence-corrected chi connectivity index (χ0v) is 25.4. The molecular formula is C30H35ClN8O3S. The van der Waals surface area contributed by atoms with Crippen LogP contribution in [0.25, 0.3) is 11.3 Å². The summed E-state index contributed by atoms with van der Waals surface area (Å²) in [5.41, 5.74) is 13.0. The quantitative estimate of drug-likeness (QED) is 0.0542. The molecular weight excluding hydrogens is 588 g/mol. The van der Waals surface area contributed by atoms with Gasteiger partial charge in [-0.05, 0) is 31.7 Å². The van der Waals surface area contributed by atoms with E-state index in [0.717, 1.165) is 12.0 Å². The summed E-state index contributed by atoms with van der Waals surface area (Å²) in [5, 5.41) is 8.04. The highest BCUT2D eigenvalue weighted by atomic mass is 35.5. The maximum Gasteiger partial charge on any atom is 0.293 e. The monoisotopic (exact) mass is 622 g/mol. The highest BCUT2D eigenvalue weighted by molar-refractivity contribution is 7.11. The van der Waals surface area contributed by atoms with E-state index in [9.17, 15) is 14.4 Å². The Hall–Kier alpha value is -4.55. The third-order valence-corrected chi connectivity index (χ3v) is 7.26. The van der Waals surface area contributed by atoms with Crippen molar-refractivity contribution in [2.24, 2.45) is 16.5 Å². The third kappa shape index (κ3) is 10.0. The number of aliphatic imine (C=N–C) groups is 1. The number of carbonyl (C=O) groups is 2. The van der Waals surface area contributed by atoms with Crippen LogP contribution in [-0.2, 0) is 17.8 Å². The van der Waals surface area contributed by atoms with Crippen LogP contribution in [0.3, 0.4) is 0 Å². The first kappa shape index (κ1) is 33.0. The van der Waals surface area contributed by atoms with Crippen LogP contribution >= 0.6 is 22.9 Å². The zero-order chi connectivity index (χ0) is 31.0. The van der Waals surface area contributed by atoms with E-state index in [4.69, 9.17) is 23.1 Å². The predicted molar refractivity (Wildman–Crippen MR) is 173 cm³/mol. The molecule has 0 radical (unpaired) electrons. The summed E-state index contributed by atoms with van der Waals surface area (Å²) < 4.78 is 1.66. The van der Waals surface area contributed by atoms with Crippen molar-refractivity contribution in [2.45, 2.75) is 38.8 Å². The highest BCUT2D eigenvalue weighted by Crippen LogP contribution is 2.26. The molecule has 2 aromatic carbocycles. The van der Waals surface area contributed by atoms with Gasteiger partial charge in [-0.1, -0.05) is 72.3 Å². The van der Waals surface area contributed by atoms with E-state index in [1.54, 1.807) is 16.1 Å². The fraction of sp³-hybridized carbons (Fsp3) is 0.267. The molecule has 0 spiro atoms. The molecule has 2 heterocycles. The summed E-state index contributed by atoms with van der Waals surface area (Å²) in [6.07, 6.45) is 3.94. The largest absolute Gasteiger partial charge is 0.370 e. The number of hydrogen-bond donors (Lipinski definition) is 4. The number of anilines is 1. The summed E-state index contributed by atoms with van der Waals surface area (Å²) in [6.45, 7) is 3.50. The molecule has 4 rings (SSSR count). The Morgan fingerprint density at radius 2 is 1.84 bits per heavy atom. The van der Waals surface area contributed by atoms with Gasteiger partial charge in [0.2, 0.25) is 12.2 Å². The van der Waals surface area contributed by atoms with Gasteiger partial charge in [0, 0.05) is 36.8 Å². The van der Waals surface area contributed by atoms with Crippen molar-refractivity contribution in [3.05, 3.63) is 98.3 Å². The molecule has 13 heteroatoms. The molecule has 6 N–H and O–H groups in total. The zero-order valence-electron chi connectivity index (χ0n) is 23.8. The Morgan fingerprint density at radius 1 is 1.14 bits per heavy atom. The molecule has 11 nitrogen and oxygen atoms in total. The summed E-state index contributed by atoms with van der Waals surface area (Å²) >= 11 is 7.65. The molecule has 0 saturated heterocycles. The predicted octanol–water partition coefficient (Wildman–Crippen LogP) is 3.73. The Labute approximate surface area is 259 Å². The number of nitrogens with zero attached hydrogens (tertiary/aromatic N) is 4. The minimum Gasteiger partial charge on any atom is -0.370 e. The summed E-state index contributed by atoms with van der Waals surface area (Å²) in [7, 11) is 0. The molecule has 1 unspecified atom stereocenters. The van der Waals surface area contributed by atoms with Gasteiger partial charge in [-0.2, -0.15) is 0 Å². The number of nitrogens with one attached hydrogen (secondary N) is 2. The standard InChI is InChI=1S/C20H20ClN3O.C10H15N5O2S/c1-2-24-17(16-11-7-4-8-12-16)18(21)23-19(20(24)25)22-14-13-15-9-5-3-6-10-15;11-10(12)14-3-1-2-7(15-6-16)8(17)9-13-4-5-18-9/h3-12H,2,13-14H2,1H3,(H,22,23);4-7H,1-3H2,(H,15,16)(H4,11,12,14). The normalized spacial score (nSPS) is 11.0. The molecule has 0 fully saturated rings. The van der Waals surface area contributed by atoms with Gasteiger partial charge in [0.15, 0.2) is 21.9 Å². The number of ketones is 1. The fourth-order valence-corrected chi connectivity index (χ4v) is 5.09. The second-order valence-electron chi connectivity index (χ2n) is 9.17. The molecule has 4 aromatic rings. The number of hydrogen-bond acceptors (Lipinski definition) is 8. The van der Waals surface area contributed by atoms with Crippen LogP contribution in [0, 0.1) is 0 Å². The number of aromatic nitrogens is 3. The lowest BCUT2D eigenvalue weighted by atomic mass is 10.1. The molecule has 1 atom stereocenters. The number of guanidine groups is 1. The average Bonchev–Trinajstić information content (AvgIpc) is 3.56. The van der Waals surface area contributed by atoms with Crippen molar-refractivity contribution in [3.63, 3.8) is 0 Å². The van der Waals surface area contributed by atoms with E-state index in [1.165, 1.54) is 16.9 Å². The summed E-state index contributed by atoms with van der Waals surface area (Å²) in [5.74, 6) is 0.116. The Balaban J connectivity index is 0.000000250. The maximum atomic E-state index is 12.8. The fourth-order valence-electron chi connectivity index (χ4n) is 4.17. The van der Waals surface area contributed by atoms with Crippen molar-refractivity contribution in [3.8, 4) is 11.3 Å². The van der Waals surface area contributed by atoms with Crippen molar-refractivity contribution in [2.75, 3.05) is 18.4 Å². The number of nitrogens with two attached hydrogens (primary N) is 2. The molecule has 1 amide bonds. The van der Waals surface area contributed by atoms with Gasteiger partial charge >= 0.3 is 0 Å². The SMILES string of the molecule is CCn1c(-c2ccccc2)c(Cl)nc(NCCc2ccccc2)c1=O.NC(N)=NCCCC(NC=O)C(=O)c1nccs1. The minimum atomic E-state index is -0.581. The third-order valence-electron chi connectivity index (χ3n) is 6.21. The van der Waals surface area contributed by atoms with Gasteiger partial charge in [-0.3, -0.25) is 19.4 Å². The van der Waals surface area contributed by atoms with E-state index >= 15 is 0 Å². The van der Waals surface area contributed by atoms with Gasteiger partial charge < -0.3 is 26.7 Å². The number of rotatable bonds is 14. The Morgan fingerprint density at radius 3 is 2.44 bits per heavy atom. The lowest BCUT2D eigenvalue weighted by Crippen LogP contribution is -2.36. The van der Waals surface area contributed by atoms with Crippen molar-refractivity contribution in [1.82, 2.24) is 19.9 Å². The molecule has 226 valence electrons. The highest BCUT2D eigenvalue weighted by Gasteiger charge is 2.21. The van der Waals surface area contributed by atoms with Crippen LogP contribution in [0.5, 0.6) is 0 Å². The van der Waals surface area contributed by atoms with E-state index in [0.29, 0.717) is 60.6 Å². The topological polar surface area (TPSA) is 170 Å². The van der Waals surface area contributed by atoms with E-state index in [-0.39, 0.29) is 17.3 Å². The second kappa shape index (κ2) is 17.4. The molecule has 0 aliphatic rings. The number of carbonyl (C=O) groups excluding carboxylic acids is 2. The minimum absolute atomic E-state index is 0.0150. The Bertz CT molecular complexity index is 1530. The second-order valence-corrected chi connectivity index (χ2v) is 10.4. The first-order valence-corrected chi connectivity index (χ1v) is 14.9. The molecule has 0 bridgehead atoms. The van der Waals surface area contributed by atoms with Crippen LogP contribution in [0.4, 0.5) is 5.82 Å². The van der Waals surface area contributed by atoms with Crippen molar-refractivity contribution < 1.29 is 9.59 Å². The first-order chi connectivity index (χ1) is 20.8. The molecule has 43 heavy (non-hydrogen) atoms. The van der Waals surface area contributed by atoms with Crippen LogP contribution in [0.1, 0.15) is 35.1 Å². The molecule has 0 saturated carbocycles. The number of amides is 1. The van der Waals surface area contributed by atoms with E-state index < -0.39 is 6.04 Å². The lowest BCUT2D eigenvalue weighted by Gasteiger charge is -2.15. The molecule has 2 aromatic heterocycles. The van der Waals surface area contributed by atoms with Crippen LogP contribution < -0.4 is 27.7 Å². The number of Topliss-reactive ketones (excluding diaryl/α,β-unsaturated/α-hetero) is 1. The van der Waals surface area contributed by atoms with Crippen LogP contribution in [0.2, 0.25) is 5.15 Å². The van der Waals surface area contributed by atoms with Gasteiger partial charge in [0.1, 0.15) is 0 Å². The number of thiazole rings is 1. The van der Waals surface area contributed by atoms with Crippen molar-refractivity contribution >= 4 is 46.9 Å². The number of benzene rings is 2. The Kier molecular flexibility index (Phi) is 13.3. The average molecular weight is 623 g/mol. The smallest absolute Gasteiger partial charge is 0.293 e. The van der Waals surface area contributed by atoms with E-state index in [2.05, 4.69) is 37.7 Å². The summed E-state index contributed by atoms with van der Waals surface area (Å²) in [4.78, 5) is 47.3. The maximum absolute atomic E-state index is 12.8. The van der Waals surface area contributed by atoms with Gasteiger partial charge in [-0.25, -0.2) is 9.97 Å².